The van der Waals surface area contributed by atoms with Crippen LogP contribution in [-0.4, -0.2) is 67.7 Å². The third kappa shape index (κ3) is 3.88. The van der Waals surface area contributed by atoms with E-state index in [4.69, 9.17) is 0 Å². The van der Waals surface area contributed by atoms with Gasteiger partial charge in [-0.1, -0.05) is 0 Å². The zero-order valence-corrected chi connectivity index (χ0v) is 13.7. The van der Waals surface area contributed by atoms with Gasteiger partial charge in [-0.25, -0.2) is 9.97 Å². The standard InChI is InChI=1S/C16H22N6O2/c1-20(15(23)2-7-21-9-6-18-13-21)11-16(24)3-8-22(12-16)14-10-17-4-5-19-14/h4-6,9-10,13,24H,2-3,7-8,11-12H2,1H3/t16-/m1/s1. The molecule has 0 saturated carbocycles. The molecule has 128 valence electrons. The molecule has 0 unspecified atom stereocenters. The van der Waals surface area contributed by atoms with Gasteiger partial charge in [0.15, 0.2) is 0 Å². The lowest BCUT2D eigenvalue weighted by Gasteiger charge is -2.29. The van der Waals surface area contributed by atoms with E-state index in [1.165, 1.54) is 0 Å². The fourth-order valence-corrected chi connectivity index (χ4v) is 3.00. The second-order valence-electron chi connectivity index (χ2n) is 6.26. The van der Waals surface area contributed by atoms with Crippen LogP contribution in [0, 0.1) is 0 Å². The highest BCUT2D eigenvalue weighted by Gasteiger charge is 2.38. The number of hydrogen-bond donors (Lipinski definition) is 1. The second kappa shape index (κ2) is 6.96. The van der Waals surface area contributed by atoms with Gasteiger partial charge in [-0.15, -0.1) is 0 Å². The Morgan fingerprint density at radius 1 is 1.38 bits per heavy atom. The van der Waals surface area contributed by atoms with Gasteiger partial charge in [0.2, 0.25) is 5.91 Å². The monoisotopic (exact) mass is 330 g/mol. The predicted octanol–water partition coefficient (Wildman–Crippen LogP) is 0.163. The molecule has 1 aliphatic heterocycles. The molecule has 0 bridgehead atoms. The lowest BCUT2D eigenvalue weighted by molar-refractivity contribution is -0.133. The van der Waals surface area contributed by atoms with Crippen LogP contribution in [0.3, 0.4) is 0 Å². The van der Waals surface area contributed by atoms with Gasteiger partial charge in [0.25, 0.3) is 0 Å². The van der Waals surface area contributed by atoms with Crippen molar-refractivity contribution < 1.29 is 9.90 Å². The molecule has 3 heterocycles. The summed E-state index contributed by atoms with van der Waals surface area (Å²) in [4.78, 5) is 28.1. The average molecular weight is 330 g/mol. The summed E-state index contributed by atoms with van der Waals surface area (Å²) in [7, 11) is 1.74. The maximum absolute atomic E-state index is 12.3. The molecule has 2 aromatic heterocycles. The fraction of sp³-hybridized carbons (Fsp3) is 0.500. The Morgan fingerprint density at radius 2 is 2.25 bits per heavy atom. The number of hydrogen-bond acceptors (Lipinski definition) is 6. The SMILES string of the molecule is CN(C[C@]1(O)CCN(c2cnccn2)C1)C(=O)CCn1ccnc1. The minimum atomic E-state index is -0.920. The third-order valence-electron chi connectivity index (χ3n) is 4.31. The van der Waals surface area contributed by atoms with Crippen molar-refractivity contribution in [3.05, 3.63) is 37.3 Å². The molecule has 1 amide bonds. The number of carbonyl (C=O) groups is 1. The molecule has 24 heavy (non-hydrogen) atoms. The van der Waals surface area contributed by atoms with Crippen LogP contribution < -0.4 is 4.90 Å². The quantitative estimate of drug-likeness (QED) is 0.812. The van der Waals surface area contributed by atoms with Crippen molar-refractivity contribution in [2.45, 2.75) is 25.0 Å². The Bertz CT molecular complexity index is 662. The van der Waals surface area contributed by atoms with Gasteiger partial charge in [0.05, 0.1) is 19.1 Å². The molecule has 8 heteroatoms. The Balaban J connectivity index is 1.52. The Hall–Kier alpha value is -2.48. The summed E-state index contributed by atoms with van der Waals surface area (Å²) >= 11 is 0. The summed E-state index contributed by atoms with van der Waals surface area (Å²) in [5, 5.41) is 10.8. The summed E-state index contributed by atoms with van der Waals surface area (Å²) in [5.41, 5.74) is -0.920. The largest absolute Gasteiger partial charge is 0.386 e. The van der Waals surface area contributed by atoms with E-state index >= 15 is 0 Å². The number of carbonyl (C=O) groups excluding carboxylic acids is 1. The molecule has 1 aliphatic rings. The van der Waals surface area contributed by atoms with Crippen LogP contribution in [0.4, 0.5) is 5.82 Å². The van der Waals surface area contributed by atoms with E-state index in [0.29, 0.717) is 39.0 Å². The van der Waals surface area contributed by atoms with Crippen LogP contribution in [-0.2, 0) is 11.3 Å². The predicted molar refractivity (Wildman–Crippen MR) is 88.3 cm³/mol. The number of aliphatic hydroxyl groups is 1. The first-order valence-corrected chi connectivity index (χ1v) is 7.99. The number of nitrogens with zero attached hydrogens (tertiary/aromatic N) is 6. The summed E-state index contributed by atoms with van der Waals surface area (Å²) in [6.07, 6.45) is 11.1. The highest BCUT2D eigenvalue weighted by atomic mass is 16.3. The number of aromatic nitrogens is 4. The molecule has 1 N–H and O–H groups in total. The van der Waals surface area contributed by atoms with E-state index in [1.807, 2.05) is 15.7 Å². The van der Waals surface area contributed by atoms with Crippen molar-refractivity contribution >= 4 is 11.7 Å². The number of rotatable bonds is 6. The summed E-state index contributed by atoms with van der Waals surface area (Å²) in [6.45, 7) is 2.05. The van der Waals surface area contributed by atoms with Gasteiger partial charge in [0.1, 0.15) is 11.4 Å². The van der Waals surface area contributed by atoms with Crippen LogP contribution in [0.1, 0.15) is 12.8 Å². The maximum Gasteiger partial charge on any atom is 0.224 e. The first-order valence-electron chi connectivity index (χ1n) is 7.99. The lowest BCUT2D eigenvalue weighted by atomic mass is 10.0. The molecule has 1 saturated heterocycles. The van der Waals surface area contributed by atoms with Crippen LogP contribution in [0.25, 0.3) is 0 Å². The number of anilines is 1. The molecule has 2 aromatic rings. The number of aryl methyl sites for hydroxylation is 1. The number of likely N-dealkylation sites (N-methyl/N-ethyl adjacent to an activating group) is 1. The number of β-amino-alcohol motifs (C(OH)–C–C–N with tert-alkyl or cyclic N) is 1. The molecule has 0 aliphatic carbocycles. The number of imidazole rings is 1. The molecule has 1 atom stereocenters. The minimum Gasteiger partial charge on any atom is -0.386 e. The zero-order chi connectivity index (χ0) is 17.0. The Morgan fingerprint density at radius 3 is 2.96 bits per heavy atom. The minimum absolute atomic E-state index is 0.00933. The van der Waals surface area contributed by atoms with Crippen LogP contribution in [0.5, 0.6) is 0 Å². The van der Waals surface area contributed by atoms with Gasteiger partial charge in [-0.3, -0.25) is 9.78 Å². The number of amides is 1. The Kier molecular flexibility index (Phi) is 4.75. The highest BCUT2D eigenvalue weighted by molar-refractivity contribution is 5.75. The van der Waals surface area contributed by atoms with Gasteiger partial charge in [-0.2, -0.15) is 0 Å². The zero-order valence-electron chi connectivity index (χ0n) is 13.7. The van der Waals surface area contributed by atoms with E-state index in [1.54, 1.807) is 43.1 Å². The topological polar surface area (TPSA) is 87.4 Å². The van der Waals surface area contributed by atoms with Crippen LogP contribution >= 0.6 is 0 Å². The summed E-state index contributed by atoms with van der Waals surface area (Å²) in [5.74, 6) is 0.762. The van der Waals surface area contributed by atoms with Crippen molar-refractivity contribution in [3.8, 4) is 0 Å². The summed E-state index contributed by atoms with van der Waals surface area (Å²) in [6, 6.07) is 0. The first-order chi connectivity index (χ1) is 11.6. The van der Waals surface area contributed by atoms with Gasteiger partial charge < -0.3 is 19.5 Å². The van der Waals surface area contributed by atoms with Crippen molar-refractivity contribution in [2.24, 2.45) is 0 Å². The fourth-order valence-electron chi connectivity index (χ4n) is 3.00. The Labute approximate surface area is 140 Å². The smallest absolute Gasteiger partial charge is 0.224 e. The van der Waals surface area contributed by atoms with E-state index in [-0.39, 0.29) is 5.91 Å². The molecule has 0 radical (unpaired) electrons. The molecule has 8 nitrogen and oxygen atoms in total. The van der Waals surface area contributed by atoms with Crippen molar-refractivity contribution in [2.75, 3.05) is 31.6 Å². The molecular weight excluding hydrogens is 308 g/mol. The van der Waals surface area contributed by atoms with Gasteiger partial charge in [0, 0.05) is 57.9 Å². The van der Waals surface area contributed by atoms with E-state index in [9.17, 15) is 9.90 Å². The average Bonchev–Trinajstić information content (AvgIpc) is 3.23. The van der Waals surface area contributed by atoms with Crippen molar-refractivity contribution in [1.82, 2.24) is 24.4 Å². The second-order valence-corrected chi connectivity index (χ2v) is 6.26. The molecule has 0 aromatic carbocycles. The lowest BCUT2D eigenvalue weighted by Crippen LogP contribution is -2.46. The first kappa shape index (κ1) is 16.4. The molecule has 1 fully saturated rings. The van der Waals surface area contributed by atoms with E-state index in [2.05, 4.69) is 15.0 Å². The highest BCUT2D eigenvalue weighted by Crippen LogP contribution is 2.25. The molecule has 3 rings (SSSR count). The van der Waals surface area contributed by atoms with Crippen LogP contribution in [0.2, 0.25) is 0 Å². The third-order valence-corrected chi connectivity index (χ3v) is 4.31. The van der Waals surface area contributed by atoms with Crippen molar-refractivity contribution in [1.29, 1.82) is 0 Å². The maximum atomic E-state index is 12.3. The van der Waals surface area contributed by atoms with Gasteiger partial charge >= 0.3 is 0 Å². The summed E-state index contributed by atoms with van der Waals surface area (Å²) < 4.78 is 1.87. The van der Waals surface area contributed by atoms with Gasteiger partial charge in [-0.05, 0) is 6.42 Å². The van der Waals surface area contributed by atoms with Crippen LogP contribution in [0.15, 0.2) is 37.3 Å². The molecule has 0 spiro atoms. The normalized spacial score (nSPS) is 20.3. The molecular formula is C16H22N6O2. The van der Waals surface area contributed by atoms with Crippen molar-refractivity contribution in [3.63, 3.8) is 0 Å². The van der Waals surface area contributed by atoms with E-state index in [0.717, 1.165) is 5.82 Å². The van der Waals surface area contributed by atoms with E-state index < -0.39 is 5.60 Å².